The third kappa shape index (κ3) is 4.00. The smallest absolute Gasteiger partial charge is 0.255 e. The molecule has 0 unspecified atom stereocenters. The fraction of sp³-hybridized carbons (Fsp3) is 0.318. The van der Waals surface area contributed by atoms with Gasteiger partial charge in [-0.2, -0.15) is 5.10 Å². The maximum absolute atomic E-state index is 12.6. The lowest BCUT2D eigenvalue weighted by molar-refractivity contribution is 0.102. The van der Waals surface area contributed by atoms with E-state index in [9.17, 15) is 4.79 Å². The molecular formula is C22H23N5O2. The fourth-order valence-corrected chi connectivity index (χ4v) is 3.49. The zero-order chi connectivity index (χ0) is 19.6. The first-order chi connectivity index (χ1) is 14.3. The van der Waals surface area contributed by atoms with E-state index >= 15 is 0 Å². The van der Waals surface area contributed by atoms with E-state index in [1.54, 1.807) is 0 Å². The molecule has 2 heterocycles. The molecular weight excluding hydrogens is 366 g/mol. The molecule has 5 rings (SSSR count). The van der Waals surface area contributed by atoms with E-state index in [4.69, 9.17) is 4.74 Å². The lowest BCUT2D eigenvalue weighted by atomic mass is 10.1. The van der Waals surface area contributed by atoms with E-state index in [2.05, 4.69) is 25.4 Å². The molecule has 7 nitrogen and oxygen atoms in total. The van der Waals surface area contributed by atoms with Crippen molar-refractivity contribution in [2.75, 3.05) is 36.5 Å². The Bertz CT molecular complexity index is 987. The SMILES string of the molecule is O=C(Nc1ccc(-c2n[nH]c(C3CC3)n2)cc1)c1ccc(N2CCOCC2)cc1. The Balaban J connectivity index is 1.23. The van der Waals surface area contributed by atoms with Gasteiger partial charge in [0.1, 0.15) is 5.82 Å². The molecule has 0 radical (unpaired) electrons. The van der Waals surface area contributed by atoms with Crippen molar-refractivity contribution in [3.8, 4) is 11.4 Å². The molecule has 1 aromatic heterocycles. The number of nitrogens with one attached hydrogen (secondary N) is 2. The summed E-state index contributed by atoms with van der Waals surface area (Å²) in [7, 11) is 0. The summed E-state index contributed by atoms with van der Waals surface area (Å²) >= 11 is 0. The minimum Gasteiger partial charge on any atom is -0.378 e. The number of carbonyl (C=O) groups is 1. The molecule has 148 valence electrons. The number of ether oxygens (including phenoxy) is 1. The summed E-state index contributed by atoms with van der Waals surface area (Å²) in [6.07, 6.45) is 2.38. The maximum Gasteiger partial charge on any atom is 0.255 e. The van der Waals surface area contributed by atoms with Crippen LogP contribution in [0.1, 0.15) is 34.9 Å². The van der Waals surface area contributed by atoms with Crippen LogP contribution in [0.25, 0.3) is 11.4 Å². The Morgan fingerprint density at radius 1 is 1.03 bits per heavy atom. The number of nitrogens with zero attached hydrogens (tertiary/aromatic N) is 3. The predicted octanol–water partition coefficient (Wildman–Crippen LogP) is 3.44. The van der Waals surface area contributed by atoms with Crippen LogP contribution in [0.3, 0.4) is 0 Å². The van der Waals surface area contributed by atoms with Gasteiger partial charge in [0.2, 0.25) is 0 Å². The van der Waals surface area contributed by atoms with Gasteiger partial charge >= 0.3 is 0 Å². The number of aromatic amines is 1. The van der Waals surface area contributed by atoms with Crippen molar-refractivity contribution in [3.63, 3.8) is 0 Å². The highest BCUT2D eigenvalue weighted by molar-refractivity contribution is 6.04. The molecule has 0 spiro atoms. The molecule has 2 aliphatic rings. The number of H-pyrrole nitrogens is 1. The van der Waals surface area contributed by atoms with Crippen LogP contribution < -0.4 is 10.2 Å². The normalized spacial score (nSPS) is 16.6. The molecule has 29 heavy (non-hydrogen) atoms. The lowest BCUT2D eigenvalue weighted by Gasteiger charge is -2.28. The number of anilines is 2. The number of hydrogen-bond donors (Lipinski definition) is 2. The van der Waals surface area contributed by atoms with Gasteiger partial charge in [-0.15, -0.1) is 0 Å². The van der Waals surface area contributed by atoms with Crippen molar-refractivity contribution in [1.82, 2.24) is 15.2 Å². The fourth-order valence-electron chi connectivity index (χ4n) is 3.49. The molecule has 1 amide bonds. The summed E-state index contributed by atoms with van der Waals surface area (Å²) in [5, 5.41) is 10.3. The number of carbonyl (C=O) groups excluding carboxylic acids is 1. The molecule has 0 bridgehead atoms. The van der Waals surface area contributed by atoms with Crippen LogP contribution in [-0.2, 0) is 4.74 Å². The number of rotatable bonds is 5. The quantitative estimate of drug-likeness (QED) is 0.698. The molecule has 2 N–H and O–H groups in total. The monoisotopic (exact) mass is 389 g/mol. The topological polar surface area (TPSA) is 83.1 Å². The van der Waals surface area contributed by atoms with Crippen LogP contribution in [0.15, 0.2) is 48.5 Å². The van der Waals surface area contributed by atoms with Crippen molar-refractivity contribution in [2.45, 2.75) is 18.8 Å². The number of benzene rings is 2. The average Bonchev–Trinajstić information content (AvgIpc) is 3.52. The second-order valence-electron chi connectivity index (χ2n) is 7.50. The average molecular weight is 389 g/mol. The first-order valence-electron chi connectivity index (χ1n) is 10.0. The van der Waals surface area contributed by atoms with Gasteiger partial charge in [0, 0.05) is 41.5 Å². The third-order valence-corrected chi connectivity index (χ3v) is 5.37. The highest BCUT2D eigenvalue weighted by Gasteiger charge is 2.27. The first-order valence-corrected chi connectivity index (χ1v) is 10.0. The summed E-state index contributed by atoms with van der Waals surface area (Å²) in [6, 6.07) is 15.3. The highest BCUT2D eigenvalue weighted by Crippen LogP contribution is 2.38. The number of hydrogen-bond acceptors (Lipinski definition) is 5. The largest absolute Gasteiger partial charge is 0.378 e. The summed E-state index contributed by atoms with van der Waals surface area (Å²) in [6.45, 7) is 3.25. The predicted molar refractivity (Wildman–Crippen MR) is 111 cm³/mol. The summed E-state index contributed by atoms with van der Waals surface area (Å²) in [5.74, 6) is 2.09. The number of aromatic nitrogens is 3. The highest BCUT2D eigenvalue weighted by atomic mass is 16.5. The van der Waals surface area contributed by atoms with Gasteiger partial charge in [-0.3, -0.25) is 9.89 Å². The standard InChI is InChI=1S/C22H23N5O2/c28-22(17-5-9-19(10-6-17)27-11-13-29-14-12-27)23-18-7-3-16(4-8-18)21-24-20(25-26-21)15-1-2-15/h3-10,15H,1-2,11-14H2,(H,23,28)(H,24,25,26). The summed E-state index contributed by atoms with van der Waals surface area (Å²) in [4.78, 5) is 19.4. The Morgan fingerprint density at radius 2 is 1.76 bits per heavy atom. The molecule has 1 aliphatic carbocycles. The minimum absolute atomic E-state index is 0.125. The van der Waals surface area contributed by atoms with Gasteiger partial charge in [-0.1, -0.05) is 0 Å². The van der Waals surface area contributed by atoms with Gasteiger partial charge in [-0.05, 0) is 61.4 Å². The molecule has 0 atom stereocenters. The molecule has 1 saturated heterocycles. The van der Waals surface area contributed by atoms with Gasteiger partial charge in [0.15, 0.2) is 5.82 Å². The van der Waals surface area contributed by atoms with E-state index in [0.717, 1.165) is 49.1 Å². The second kappa shape index (κ2) is 7.67. The number of amides is 1. The molecule has 7 heteroatoms. The van der Waals surface area contributed by atoms with Crippen molar-refractivity contribution in [2.24, 2.45) is 0 Å². The van der Waals surface area contributed by atoms with Crippen LogP contribution >= 0.6 is 0 Å². The van der Waals surface area contributed by atoms with E-state index in [0.29, 0.717) is 17.3 Å². The third-order valence-electron chi connectivity index (χ3n) is 5.37. The van der Waals surface area contributed by atoms with Crippen LogP contribution in [0.2, 0.25) is 0 Å². The zero-order valence-corrected chi connectivity index (χ0v) is 16.1. The van der Waals surface area contributed by atoms with Crippen LogP contribution in [0, 0.1) is 0 Å². The van der Waals surface area contributed by atoms with E-state index in [1.807, 2.05) is 48.5 Å². The van der Waals surface area contributed by atoms with Crippen LogP contribution in [0.5, 0.6) is 0 Å². The molecule has 1 aliphatic heterocycles. The van der Waals surface area contributed by atoms with Crippen molar-refractivity contribution >= 4 is 17.3 Å². The van der Waals surface area contributed by atoms with Gasteiger partial charge in [0.25, 0.3) is 5.91 Å². The lowest BCUT2D eigenvalue weighted by Crippen LogP contribution is -2.36. The zero-order valence-electron chi connectivity index (χ0n) is 16.1. The molecule has 1 saturated carbocycles. The molecule has 2 fully saturated rings. The second-order valence-corrected chi connectivity index (χ2v) is 7.50. The van der Waals surface area contributed by atoms with Crippen molar-refractivity contribution in [3.05, 3.63) is 59.9 Å². The Hall–Kier alpha value is -3.19. The summed E-state index contributed by atoms with van der Waals surface area (Å²) in [5.41, 5.74) is 3.43. The van der Waals surface area contributed by atoms with E-state index in [1.165, 1.54) is 12.8 Å². The Kier molecular flexibility index (Phi) is 4.73. The summed E-state index contributed by atoms with van der Waals surface area (Å²) < 4.78 is 5.39. The van der Waals surface area contributed by atoms with E-state index < -0.39 is 0 Å². The molecule has 2 aromatic carbocycles. The van der Waals surface area contributed by atoms with Crippen LogP contribution in [0.4, 0.5) is 11.4 Å². The first kappa shape index (κ1) is 17.9. The van der Waals surface area contributed by atoms with Crippen molar-refractivity contribution < 1.29 is 9.53 Å². The minimum atomic E-state index is -0.125. The Labute approximate surface area is 169 Å². The van der Waals surface area contributed by atoms with Gasteiger partial charge in [-0.25, -0.2) is 4.98 Å². The molecule has 3 aromatic rings. The van der Waals surface area contributed by atoms with Crippen LogP contribution in [-0.4, -0.2) is 47.4 Å². The van der Waals surface area contributed by atoms with E-state index in [-0.39, 0.29) is 5.91 Å². The van der Waals surface area contributed by atoms with Gasteiger partial charge < -0.3 is 15.0 Å². The number of morpholine rings is 1. The van der Waals surface area contributed by atoms with Gasteiger partial charge in [0.05, 0.1) is 13.2 Å². The maximum atomic E-state index is 12.6. The van der Waals surface area contributed by atoms with Crippen molar-refractivity contribution in [1.29, 1.82) is 0 Å². The Morgan fingerprint density at radius 3 is 2.45 bits per heavy atom.